The lowest BCUT2D eigenvalue weighted by molar-refractivity contribution is -0.137. The van der Waals surface area contributed by atoms with E-state index in [0.717, 1.165) is 12.1 Å². The molecule has 0 saturated carbocycles. The van der Waals surface area contributed by atoms with Gasteiger partial charge in [0, 0.05) is 26.7 Å². The number of nitrogens with one attached hydrogen (secondary N) is 1. The number of nitrogens with zero attached hydrogens (tertiary/aromatic N) is 3. The van der Waals surface area contributed by atoms with Crippen LogP contribution in [0.25, 0.3) is 0 Å². The number of aromatic nitrogens is 2. The summed E-state index contributed by atoms with van der Waals surface area (Å²) in [6, 6.07) is 0. The molecule has 116 valence electrons. The Morgan fingerprint density at radius 3 is 2.86 bits per heavy atom. The summed E-state index contributed by atoms with van der Waals surface area (Å²) in [5.41, 5.74) is 0.0266. The Hall–Kier alpha value is -1.89. The molecule has 21 heavy (non-hydrogen) atoms. The first-order valence-corrected chi connectivity index (χ1v) is 7.09. The van der Waals surface area contributed by atoms with Gasteiger partial charge in [-0.2, -0.15) is 0 Å². The van der Waals surface area contributed by atoms with Crippen LogP contribution in [-0.2, 0) is 23.2 Å². The van der Waals surface area contributed by atoms with Gasteiger partial charge in [0.05, 0.1) is 37.1 Å². The second-order valence-corrected chi connectivity index (χ2v) is 5.64. The van der Waals surface area contributed by atoms with Crippen LogP contribution in [0.2, 0.25) is 0 Å². The van der Waals surface area contributed by atoms with Crippen LogP contribution in [0, 0.1) is 0 Å². The number of carbonyl (C=O) groups excluding carboxylic acids is 2. The third-order valence-electron chi connectivity index (χ3n) is 3.99. The number of carbonyl (C=O) groups is 2. The molecule has 1 fully saturated rings. The number of rotatable bonds is 5. The molecular weight excluding hydrogens is 272 g/mol. The van der Waals surface area contributed by atoms with Gasteiger partial charge in [0.25, 0.3) is 0 Å². The molecule has 0 bridgehead atoms. The molecule has 1 aliphatic rings. The molecular formula is C14H22N4O3. The van der Waals surface area contributed by atoms with E-state index >= 15 is 0 Å². The lowest BCUT2D eigenvalue weighted by Crippen LogP contribution is -2.51. The molecule has 2 rings (SSSR count). The predicted octanol–water partition coefficient (Wildman–Crippen LogP) is -0.200. The van der Waals surface area contributed by atoms with Crippen molar-refractivity contribution in [1.82, 2.24) is 19.8 Å². The zero-order valence-corrected chi connectivity index (χ0v) is 12.5. The van der Waals surface area contributed by atoms with E-state index in [9.17, 15) is 14.7 Å². The minimum atomic E-state index is -0.750. The van der Waals surface area contributed by atoms with Gasteiger partial charge in [-0.1, -0.05) is 0 Å². The number of aryl methyl sites for hydroxylation is 1. The van der Waals surface area contributed by atoms with Crippen LogP contribution < -0.4 is 5.32 Å². The molecule has 1 aliphatic heterocycles. The fourth-order valence-electron chi connectivity index (χ4n) is 2.94. The highest BCUT2D eigenvalue weighted by atomic mass is 16.3. The number of aliphatic hydroxyl groups excluding tert-OH is 1. The van der Waals surface area contributed by atoms with Crippen molar-refractivity contribution in [2.24, 2.45) is 7.05 Å². The summed E-state index contributed by atoms with van der Waals surface area (Å²) in [7, 11) is 1.86. The van der Waals surface area contributed by atoms with Crippen molar-refractivity contribution in [3.8, 4) is 0 Å². The summed E-state index contributed by atoms with van der Waals surface area (Å²) in [4.78, 5) is 29.5. The van der Waals surface area contributed by atoms with E-state index in [1.807, 2.05) is 17.8 Å². The maximum atomic E-state index is 12.1. The van der Waals surface area contributed by atoms with E-state index in [4.69, 9.17) is 0 Å². The topological polar surface area (TPSA) is 87.5 Å². The number of imidazole rings is 1. The highest BCUT2D eigenvalue weighted by Gasteiger charge is 2.43. The van der Waals surface area contributed by atoms with E-state index < -0.39 is 5.54 Å². The van der Waals surface area contributed by atoms with Crippen LogP contribution in [0.5, 0.6) is 0 Å². The van der Waals surface area contributed by atoms with E-state index in [1.165, 1.54) is 6.92 Å². The van der Waals surface area contributed by atoms with E-state index in [2.05, 4.69) is 10.3 Å². The van der Waals surface area contributed by atoms with Gasteiger partial charge < -0.3 is 19.9 Å². The fraction of sp³-hybridized carbons (Fsp3) is 0.643. The van der Waals surface area contributed by atoms with Crippen molar-refractivity contribution in [2.45, 2.75) is 38.3 Å². The minimum Gasteiger partial charge on any atom is -0.394 e. The first kappa shape index (κ1) is 15.5. The molecule has 1 aromatic rings. The maximum absolute atomic E-state index is 12.1. The van der Waals surface area contributed by atoms with Gasteiger partial charge >= 0.3 is 0 Å². The summed E-state index contributed by atoms with van der Waals surface area (Å²) < 4.78 is 1.81. The quantitative estimate of drug-likeness (QED) is 0.787. The number of likely N-dealkylation sites (tertiary alicyclic amines) is 1. The van der Waals surface area contributed by atoms with Crippen LogP contribution in [0.1, 0.15) is 31.9 Å². The molecule has 1 saturated heterocycles. The molecule has 1 unspecified atom stereocenters. The number of amides is 2. The van der Waals surface area contributed by atoms with Crippen molar-refractivity contribution < 1.29 is 14.7 Å². The monoisotopic (exact) mass is 294 g/mol. The van der Waals surface area contributed by atoms with E-state index in [-0.39, 0.29) is 24.8 Å². The SMILES string of the molecule is CC(=O)N1CCCC1(CO)CC(=O)NCc1cn(C)cn1. The largest absolute Gasteiger partial charge is 0.394 e. The smallest absolute Gasteiger partial charge is 0.222 e. The highest BCUT2D eigenvalue weighted by molar-refractivity contribution is 5.80. The lowest BCUT2D eigenvalue weighted by Gasteiger charge is -2.36. The number of hydrogen-bond donors (Lipinski definition) is 2. The van der Waals surface area contributed by atoms with Crippen molar-refractivity contribution in [2.75, 3.05) is 13.2 Å². The Balaban J connectivity index is 1.95. The van der Waals surface area contributed by atoms with Crippen LogP contribution in [0.4, 0.5) is 0 Å². The molecule has 2 amide bonds. The zero-order valence-electron chi connectivity index (χ0n) is 12.5. The molecule has 2 N–H and O–H groups in total. The van der Waals surface area contributed by atoms with Crippen LogP contribution in [-0.4, -0.2) is 50.1 Å². The second-order valence-electron chi connectivity index (χ2n) is 5.64. The molecule has 0 aromatic carbocycles. The molecule has 7 heteroatoms. The van der Waals surface area contributed by atoms with Gasteiger partial charge in [-0.25, -0.2) is 4.98 Å². The summed E-state index contributed by atoms with van der Waals surface area (Å²) in [6.45, 7) is 2.23. The van der Waals surface area contributed by atoms with Crippen LogP contribution in [0.3, 0.4) is 0 Å². The van der Waals surface area contributed by atoms with Gasteiger partial charge in [-0.3, -0.25) is 9.59 Å². The predicted molar refractivity (Wildman–Crippen MR) is 76.1 cm³/mol. The van der Waals surface area contributed by atoms with E-state index in [1.54, 1.807) is 11.2 Å². The zero-order chi connectivity index (χ0) is 15.5. The minimum absolute atomic E-state index is 0.0981. The Kier molecular flexibility index (Phi) is 4.62. The molecule has 1 atom stereocenters. The van der Waals surface area contributed by atoms with Crippen molar-refractivity contribution in [1.29, 1.82) is 0 Å². The normalized spacial score (nSPS) is 21.6. The number of hydrogen-bond acceptors (Lipinski definition) is 4. The van der Waals surface area contributed by atoms with Crippen LogP contribution in [0.15, 0.2) is 12.5 Å². The van der Waals surface area contributed by atoms with Gasteiger partial charge in [-0.15, -0.1) is 0 Å². The maximum Gasteiger partial charge on any atom is 0.222 e. The second kappa shape index (κ2) is 6.26. The average molecular weight is 294 g/mol. The Labute approximate surface area is 124 Å². The molecule has 0 radical (unpaired) electrons. The first-order chi connectivity index (χ1) is 9.97. The highest BCUT2D eigenvalue weighted by Crippen LogP contribution is 2.32. The molecule has 0 spiro atoms. The number of aliphatic hydroxyl groups is 1. The first-order valence-electron chi connectivity index (χ1n) is 7.09. The van der Waals surface area contributed by atoms with Gasteiger partial charge in [0.2, 0.25) is 11.8 Å². The van der Waals surface area contributed by atoms with Crippen molar-refractivity contribution >= 4 is 11.8 Å². The van der Waals surface area contributed by atoms with Gasteiger partial charge in [0.15, 0.2) is 0 Å². The standard InChI is InChI=1S/C14H22N4O3/c1-11(20)18-5-3-4-14(18,9-19)6-13(21)15-7-12-8-17(2)10-16-12/h8,10,19H,3-7,9H2,1-2H3,(H,15,21). The van der Waals surface area contributed by atoms with E-state index in [0.29, 0.717) is 19.5 Å². The molecule has 7 nitrogen and oxygen atoms in total. The van der Waals surface area contributed by atoms with Gasteiger partial charge in [-0.05, 0) is 12.8 Å². The summed E-state index contributed by atoms with van der Waals surface area (Å²) in [5, 5.41) is 12.5. The molecule has 0 aliphatic carbocycles. The summed E-state index contributed by atoms with van der Waals surface area (Å²) in [5.74, 6) is -0.276. The van der Waals surface area contributed by atoms with Crippen molar-refractivity contribution in [3.63, 3.8) is 0 Å². The van der Waals surface area contributed by atoms with Crippen molar-refractivity contribution in [3.05, 3.63) is 18.2 Å². The Morgan fingerprint density at radius 1 is 1.52 bits per heavy atom. The fourth-order valence-corrected chi connectivity index (χ4v) is 2.94. The summed E-state index contributed by atoms with van der Waals surface area (Å²) in [6.07, 6.45) is 5.09. The van der Waals surface area contributed by atoms with Gasteiger partial charge in [0.1, 0.15) is 0 Å². The molecule has 2 heterocycles. The Bertz CT molecular complexity index is 528. The molecule has 1 aromatic heterocycles. The third kappa shape index (κ3) is 3.41. The Morgan fingerprint density at radius 2 is 2.29 bits per heavy atom. The average Bonchev–Trinajstić information content (AvgIpc) is 3.03. The van der Waals surface area contributed by atoms with Crippen LogP contribution >= 0.6 is 0 Å². The lowest BCUT2D eigenvalue weighted by atomic mass is 9.92. The summed E-state index contributed by atoms with van der Waals surface area (Å²) >= 11 is 0. The third-order valence-corrected chi connectivity index (χ3v) is 3.99.